The van der Waals surface area contributed by atoms with Crippen LogP contribution in [0.1, 0.15) is 21.5 Å². The molecule has 0 radical (unpaired) electrons. The Labute approximate surface area is 128 Å². The molecule has 2 rings (SSSR count). The van der Waals surface area contributed by atoms with Crippen LogP contribution in [-0.4, -0.2) is 0 Å². The van der Waals surface area contributed by atoms with Crippen molar-refractivity contribution in [2.45, 2.75) is 17.4 Å². The van der Waals surface area contributed by atoms with Crippen molar-refractivity contribution in [1.82, 2.24) is 0 Å². The van der Waals surface area contributed by atoms with Gasteiger partial charge in [-0.05, 0) is 35.7 Å². The molecule has 106 valence electrons. The van der Waals surface area contributed by atoms with Gasteiger partial charge in [0.2, 0.25) is 0 Å². The van der Waals surface area contributed by atoms with E-state index in [1.165, 1.54) is 12.1 Å². The molecule has 0 aliphatic heterocycles. The molecule has 5 heteroatoms. The number of halogens is 5. The third kappa shape index (κ3) is 3.76. The zero-order chi connectivity index (χ0) is 14.8. The lowest BCUT2D eigenvalue weighted by Gasteiger charge is -2.13. The summed E-state index contributed by atoms with van der Waals surface area (Å²) in [6, 6.07) is 12.6. The first-order valence-electron chi connectivity index (χ1n) is 5.92. The maximum absolute atomic E-state index is 12.5. The monoisotopic (exact) mass is 362 g/mol. The molecule has 0 fully saturated rings. The van der Waals surface area contributed by atoms with Crippen LogP contribution in [-0.2, 0) is 12.6 Å². The highest BCUT2D eigenvalue weighted by Gasteiger charge is 2.30. The van der Waals surface area contributed by atoms with Gasteiger partial charge in [-0.2, -0.15) is 13.2 Å². The summed E-state index contributed by atoms with van der Waals surface area (Å²) in [4.78, 5) is -0.0790. The second-order valence-corrected chi connectivity index (χ2v) is 5.90. The second kappa shape index (κ2) is 6.19. The Morgan fingerprint density at radius 1 is 1.00 bits per heavy atom. The van der Waals surface area contributed by atoms with E-state index in [-0.39, 0.29) is 4.83 Å². The van der Waals surface area contributed by atoms with Crippen LogP contribution >= 0.6 is 27.5 Å². The summed E-state index contributed by atoms with van der Waals surface area (Å²) >= 11 is 9.56. The van der Waals surface area contributed by atoms with Crippen LogP contribution in [0.25, 0.3) is 0 Å². The third-order valence-corrected chi connectivity index (χ3v) is 4.18. The highest BCUT2D eigenvalue weighted by Crippen LogP contribution is 2.33. The predicted octanol–water partition coefficient (Wildman–Crippen LogP) is 6.04. The fraction of sp³-hybridized carbons (Fsp3) is 0.200. The molecule has 0 saturated carbocycles. The Morgan fingerprint density at radius 2 is 1.60 bits per heavy atom. The highest BCUT2D eigenvalue weighted by atomic mass is 79.9. The first-order valence-corrected chi connectivity index (χ1v) is 7.22. The van der Waals surface area contributed by atoms with Crippen molar-refractivity contribution < 1.29 is 13.2 Å². The van der Waals surface area contributed by atoms with Crippen molar-refractivity contribution in [3.05, 3.63) is 70.2 Å². The summed E-state index contributed by atoms with van der Waals surface area (Å²) in [7, 11) is 0. The lowest BCUT2D eigenvalue weighted by Crippen LogP contribution is -2.05. The van der Waals surface area contributed by atoms with Crippen LogP contribution in [0.2, 0.25) is 5.02 Å². The maximum Gasteiger partial charge on any atom is 0.416 e. The van der Waals surface area contributed by atoms with E-state index in [0.29, 0.717) is 11.4 Å². The number of hydrogen-bond acceptors (Lipinski definition) is 0. The summed E-state index contributed by atoms with van der Waals surface area (Å²) in [5.74, 6) is 0. The van der Waals surface area contributed by atoms with Crippen LogP contribution in [0, 0.1) is 0 Å². The highest BCUT2D eigenvalue weighted by molar-refractivity contribution is 9.09. The van der Waals surface area contributed by atoms with Crippen molar-refractivity contribution in [3.63, 3.8) is 0 Å². The van der Waals surface area contributed by atoms with Gasteiger partial charge in [0.25, 0.3) is 0 Å². The van der Waals surface area contributed by atoms with Gasteiger partial charge in [-0.3, -0.25) is 0 Å². The first-order chi connectivity index (χ1) is 9.38. The molecule has 1 atom stereocenters. The van der Waals surface area contributed by atoms with Crippen LogP contribution < -0.4 is 0 Å². The smallest absolute Gasteiger partial charge is 0.166 e. The maximum atomic E-state index is 12.5. The van der Waals surface area contributed by atoms with Crippen LogP contribution in [0.4, 0.5) is 13.2 Å². The van der Waals surface area contributed by atoms with Gasteiger partial charge >= 0.3 is 6.18 Å². The molecule has 0 spiro atoms. The summed E-state index contributed by atoms with van der Waals surface area (Å²) in [6.07, 6.45) is -3.69. The van der Waals surface area contributed by atoms with Crippen molar-refractivity contribution in [3.8, 4) is 0 Å². The van der Waals surface area contributed by atoms with Crippen molar-refractivity contribution in [1.29, 1.82) is 0 Å². The molecular weight excluding hydrogens is 353 g/mol. The minimum Gasteiger partial charge on any atom is -0.166 e. The van der Waals surface area contributed by atoms with Gasteiger partial charge in [-0.15, -0.1) is 0 Å². The minimum absolute atomic E-state index is 0.0790. The molecule has 2 aromatic rings. The van der Waals surface area contributed by atoms with E-state index in [4.69, 9.17) is 11.6 Å². The van der Waals surface area contributed by atoms with Gasteiger partial charge in [0.1, 0.15) is 0 Å². The lowest BCUT2D eigenvalue weighted by atomic mass is 10.0. The van der Waals surface area contributed by atoms with E-state index in [1.807, 2.05) is 18.2 Å². The topological polar surface area (TPSA) is 0 Å². The normalized spacial score (nSPS) is 13.2. The van der Waals surface area contributed by atoms with E-state index in [1.54, 1.807) is 6.07 Å². The van der Waals surface area contributed by atoms with Crippen LogP contribution in [0.3, 0.4) is 0 Å². The molecular formula is C15H11BrClF3. The minimum atomic E-state index is -4.30. The van der Waals surface area contributed by atoms with E-state index in [9.17, 15) is 13.2 Å². The van der Waals surface area contributed by atoms with E-state index in [0.717, 1.165) is 23.3 Å². The molecule has 0 N–H and O–H groups in total. The average molecular weight is 364 g/mol. The molecule has 1 unspecified atom stereocenters. The molecule has 0 amide bonds. The average Bonchev–Trinajstić information content (AvgIpc) is 2.40. The predicted molar refractivity (Wildman–Crippen MR) is 78.3 cm³/mol. The summed E-state index contributed by atoms with van der Waals surface area (Å²) in [6.45, 7) is 0. The third-order valence-electron chi connectivity index (χ3n) is 2.96. The Balaban J connectivity index is 2.14. The number of hydrogen-bond donors (Lipinski definition) is 0. The Morgan fingerprint density at radius 3 is 2.15 bits per heavy atom. The fourth-order valence-corrected chi connectivity index (χ4v) is 2.72. The molecule has 2 aromatic carbocycles. The molecule has 0 aliphatic rings. The van der Waals surface area contributed by atoms with Crippen molar-refractivity contribution >= 4 is 27.5 Å². The Kier molecular flexibility index (Phi) is 4.76. The molecule has 0 aliphatic carbocycles. The van der Waals surface area contributed by atoms with Gasteiger partial charge in [0, 0.05) is 9.85 Å². The quantitative estimate of drug-likeness (QED) is 0.583. The Hall–Kier alpha value is -1.00. The van der Waals surface area contributed by atoms with Gasteiger partial charge in [0.15, 0.2) is 0 Å². The van der Waals surface area contributed by atoms with E-state index < -0.39 is 11.7 Å². The van der Waals surface area contributed by atoms with Crippen molar-refractivity contribution in [2.75, 3.05) is 0 Å². The summed E-state index contributed by atoms with van der Waals surface area (Å²) < 4.78 is 37.5. The molecule has 0 bridgehead atoms. The number of rotatable bonds is 3. The van der Waals surface area contributed by atoms with Crippen LogP contribution in [0.5, 0.6) is 0 Å². The first kappa shape index (κ1) is 15.4. The van der Waals surface area contributed by atoms with Gasteiger partial charge in [-0.1, -0.05) is 57.9 Å². The molecule has 0 aromatic heterocycles. The van der Waals surface area contributed by atoms with E-state index >= 15 is 0 Å². The zero-order valence-electron chi connectivity index (χ0n) is 10.3. The van der Waals surface area contributed by atoms with Crippen LogP contribution in [0.15, 0.2) is 48.5 Å². The fourth-order valence-electron chi connectivity index (χ4n) is 1.86. The standard InChI is InChI=1S/C15H11BrClF3/c16-13(9-11-3-1-2-4-14(11)17)10-5-7-12(8-6-10)15(18,19)20/h1-8,13H,9H2. The summed E-state index contributed by atoms with van der Waals surface area (Å²) in [5.41, 5.74) is 1.10. The van der Waals surface area contributed by atoms with Gasteiger partial charge in [0.05, 0.1) is 5.56 Å². The number of alkyl halides is 4. The van der Waals surface area contributed by atoms with Gasteiger partial charge in [-0.25, -0.2) is 0 Å². The Bertz CT molecular complexity index is 578. The lowest BCUT2D eigenvalue weighted by molar-refractivity contribution is -0.137. The van der Waals surface area contributed by atoms with Gasteiger partial charge < -0.3 is 0 Å². The molecule has 0 saturated heterocycles. The molecule has 0 nitrogen and oxygen atoms in total. The summed E-state index contributed by atoms with van der Waals surface area (Å²) in [5, 5.41) is 0.656. The zero-order valence-corrected chi connectivity index (χ0v) is 12.6. The number of benzene rings is 2. The van der Waals surface area contributed by atoms with Crippen molar-refractivity contribution in [2.24, 2.45) is 0 Å². The SMILES string of the molecule is FC(F)(F)c1ccc(C(Br)Cc2ccccc2Cl)cc1. The molecule has 0 heterocycles. The largest absolute Gasteiger partial charge is 0.416 e. The van der Waals surface area contributed by atoms with E-state index in [2.05, 4.69) is 15.9 Å². The molecule has 20 heavy (non-hydrogen) atoms. The second-order valence-electron chi connectivity index (χ2n) is 4.38.